The quantitative estimate of drug-likeness (QED) is 0.294. The van der Waals surface area contributed by atoms with Crippen LogP contribution in [0.3, 0.4) is 0 Å². The number of aromatic nitrogens is 4. The number of aliphatic hydroxyl groups excluding tert-OH is 1. The number of benzene rings is 2. The highest BCUT2D eigenvalue weighted by atomic mass is 35.5. The lowest BCUT2D eigenvalue weighted by Gasteiger charge is -2.26. The fraction of sp³-hybridized carbons (Fsp3) is 0.214. The number of halogens is 2. The summed E-state index contributed by atoms with van der Waals surface area (Å²) in [6.45, 7) is 3.18. The number of carbonyl (C=O) groups is 2. The van der Waals surface area contributed by atoms with Crippen LogP contribution in [0.4, 0.5) is 16.2 Å². The largest absolute Gasteiger partial charge is 0.394 e. The zero-order valence-corrected chi connectivity index (χ0v) is 22.4. The van der Waals surface area contributed by atoms with Crippen molar-refractivity contribution in [1.82, 2.24) is 30.2 Å². The van der Waals surface area contributed by atoms with Gasteiger partial charge in [-0.2, -0.15) is 0 Å². The van der Waals surface area contributed by atoms with Crippen molar-refractivity contribution in [3.8, 4) is 11.3 Å². The predicted molar refractivity (Wildman–Crippen MR) is 146 cm³/mol. The molecule has 0 fully saturated rings. The van der Waals surface area contributed by atoms with E-state index in [1.165, 1.54) is 29.3 Å². The van der Waals surface area contributed by atoms with E-state index in [2.05, 4.69) is 30.6 Å². The summed E-state index contributed by atoms with van der Waals surface area (Å²) in [5.41, 5.74) is 2.63. The summed E-state index contributed by atoms with van der Waals surface area (Å²) < 4.78 is 13.7. The lowest BCUT2D eigenvalue weighted by Crippen LogP contribution is -2.46. The molecule has 0 saturated carbocycles. The van der Waals surface area contributed by atoms with Crippen molar-refractivity contribution < 1.29 is 19.1 Å². The van der Waals surface area contributed by atoms with Crippen molar-refractivity contribution in [3.63, 3.8) is 0 Å². The number of hydrogen-bond acceptors (Lipinski definition) is 8. The zero-order chi connectivity index (χ0) is 28.4. The standard InChI is InChI=1S/C28H25ClFN7O3/c1-15(26(39)34-23(14-38)17-4-3-5-20(30)10-17)37-13-19-7-6-18(11-21(19)27(37)40)25-22(29)12-32-28(36-25)35-24-8-9-31-16(2)33-24/h3-12,15,23,38H,13-14H2,1-2H3,(H,34,39)(H,31,32,33,35,36). The Labute approximate surface area is 234 Å². The van der Waals surface area contributed by atoms with Crippen LogP contribution in [-0.4, -0.2) is 54.4 Å². The lowest BCUT2D eigenvalue weighted by molar-refractivity contribution is -0.126. The number of nitrogens with one attached hydrogen (secondary N) is 2. The van der Waals surface area contributed by atoms with Gasteiger partial charge in [-0.05, 0) is 49.2 Å². The van der Waals surface area contributed by atoms with Gasteiger partial charge in [-0.3, -0.25) is 9.59 Å². The number of amides is 2. The topological polar surface area (TPSA) is 133 Å². The van der Waals surface area contributed by atoms with Crippen LogP contribution in [0.5, 0.6) is 0 Å². The van der Waals surface area contributed by atoms with E-state index < -0.39 is 30.4 Å². The molecule has 3 heterocycles. The minimum Gasteiger partial charge on any atom is -0.394 e. The Hall–Kier alpha value is -4.48. The van der Waals surface area contributed by atoms with Crippen LogP contribution in [-0.2, 0) is 11.3 Å². The average Bonchev–Trinajstić information content (AvgIpc) is 3.27. The Balaban J connectivity index is 1.33. The number of hydrogen-bond donors (Lipinski definition) is 3. The van der Waals surface area contributed by atoms with Crippen LogP contribution in [0.2, 0.25) is 5.02 Å². The Kier molecular flexibility index (Phi) is 7.67. The molecule has 0 bridgehead atoms. The zero-order valence-electron chi connectivity index (χ0n) is 21.6. The molecule has 2 atom stereocenters. The molecule has 0 saturated heterocycles. The highest BCUT2D eigenvalue weighted by Crippen LogP contribution is 2.32. The molecule has 12 heteroatoms. The fourth-order valence-electron chi connectivity index (χ4n) is 4.45. The monoisotopic (exact) mass is 561 g/mol. The van der Waals surface area contributed by atoms with Crippen LogP contribution < -0.4 is 10.6 Å². The Morgan fingerprint density at radius 2 is 2.00 bits per heavy atom. The first-order chi connectivity index (χ1) is 19.2. The highest BCUT2D eigenvalue weighted by Gasteiger charge is 2.35. The predicted octanol–water partition coefficient (Wildman–Crippen LogP) is 3.97. The average molecular weight is 562 g/mol. The summed E-state index contributed by atoms with van der Waals surface area (Å²) in [5.74, 6) is 0.103. The third-order valence-electron chi connectivity index (χ3n) is 6.57. The molecule has 0 aliphatic carbocycles. The first-order valence-electron chi connectivity index (χ1n) is 12.4. The molecule has 5 rings (SSSR count). The Bertz CT molecular complexity index is 1600. The van der Waals surface area contributed by atoms with Crippen LogP contribution in [0.25, 0.3) is 11.3 Å². The number of aliphatic hydroxyl groups is 1. The van der Waals surface area contributed by atoms with Gasteiger partial charge in [-0.15, -0.1) is 0 Å². The van der Waals surface area contributed by atoms with Crippen molar-refractivity contribution in [2.24, 2.45) is 0 Å². The number of rotatable bonds is 8. The van der Waals surface area contributed by atoms with E-state index in [1.54, 1.807) is 50.4 Å². The summed E-state index contributed by atoms with van der Waals surface area (Å²) in [6.07, 6.45) is 3.08. The third kappa shape index (κ3) is 5.61. The van der Waals surface area contributed by atoms with Crippen molar-refractivity contribution in [2.45, 2.75) is 32.5 Å². The van der Waals surface area contributed by atoms with Gasteiger partial charge in [-0.25, -0.2) is 24.3 Å². The van der Waals surface area contributed by atoms with Crippen molar-refractivity contribution in [3.05, 3.63) is 94.3 Å². The molecule has 2 aromatic heterocycles. The molecule has 10 nitrogen and oxygen atoms in total. The molecule has 40 heavy (non-hydrogen) atoms. The summed E-state index contributed by atoms with van der Waals surface area (Å²) in [6, 6.07) is 11.0. The van der Waals surface area contributed by atoms with Crippen molar-refractivity contribution >= 4 is 35.2 Å². The number of aryl methyl sites for hydroxylation is 1. The second kappa shape index (κ2) is 11.3. The summed E-state index contributed by atoms with van der Waals surface area (Å²) in [4.78, 5) is 44.9. The first kappa shape index (κ1) is 27.1. The maximum atomic E-state index is 13.7. The fourth-order valence-corrected chi connectivity index (χ4v) is 4.65. The molecule has 2 unspecified atom stereocenters. The molecule has 2 amide bonds. The maximum absolute atomic E-state index is 13.7. The van der Waals surface area contributed by atoms with E-state index in [0.717, 1.165) is 5.56 Å². The molecule has 0 radical (unpaired) electrons. The van der Waals surface area contributed by atoms with Crippen molar-refractivity contribution in [2.75, 3.05) is 11.9 Å². The highest BCUT2D eigenvalue weighted by molar-refractivity contribution is 6.33. The Morgan fingerprint density at radius 1 is 1.18 bits per heavy atom. The number of carbonyl (C=O) groups excluding carboxylic acids is 2. The minimum atomic E-state index is -0.847. The van der Waals surface area contributed by atoms with Gasteiger partial charge >= 0.3 is 0 Å². The van der Waals surface area contributed by atoms with E-state index in [0.29, 0.717) is 39.0 Å². The van der Waals surface area contributed by atoms with Gasteiger partial charge < -0.3 is 20.6 Å². The first-order valence-corrected chi connectivity index (χ1v) is 12.8. The van der Waals surface area contributed by atoms with Crippen molar-refractivity contribution in [1.29, 1.82) is 0 Å². The maximum Gasteiger partial charge on any atom is 0.255 e. The molecule has 3 N–H and O–H groups in total. The number of fused-ring (bicyclic) bond motifs is 1. The van der Waals surface area contributed by atoms with Gasteiger partial charge in [0.05, 0.1) is 29.6 Å². The molecule has 204 valence electrons. The minimum absolute atomic E-state index is 0.226. The SMILES string of the molecule is Cc1nccc(Nc2ncc(Cl)c(-c3ccc4c(c3)C(=O)N(C(C)C(=O)NC(CO)c3cccc(F)c3)C4)n2)n1. The van der Waals surface area contributed by atoms with Gasteiger partial charge in [0.15, 0.2) is 0 Å². The molecule has 1 aliphatic heterocycles. The molecule has 2 aromatic carbocycles. The van der Waals surface area contributed by atoms with Crippen LogP contribution >= 0.6 is 11.6 Å². The second-order valence-corrected chi connectivity index (χ2v) is 9.69. The molecule has 1 aliphatic rings. The molecular formula is C28H25ClFN7O3. The smallest absolute Gasteiger partial charge is 0.255 e. The van der Waals surface area contributed by atoms with Crippen LogP contribution in [0, 0.1) is 12.7 Å². The number of nitrogens with zero attached hydrogens (tertiary/aromatic N) is 5. The van der Waals surface area contributed by atoms with Gasteiger partial charge in [-0.1, -0.05) is 35.9 Å². The van der Waals surface area contributed by atoms with E-state index in [9.17, 15) is 19.1 Å². The van der Waals surface area contributed by atoms with Crippen LogP contribution in [0.1, 0.15) is 40.3 Å². The summed E-state index contributed by atoms with van der Waals surface area (Å²) in [7, 11) is 0. The third-order valence-corrected chi connectivity index (χ3v) is 6.85. The lowest BCUT2D eigenvalue weighted by atomic mass is 10.0. The van der Waals surface area contributed by atoms with Crippen LogP contribution in [0.15, 0.2) is 60.9 Å². The normalized spacial score (nSPS) is 14.0. The van der Waals surface area contributed by atoms with E-state index >= 15 is 0 Å². The number of anilines is 2. The molecular weight excluding hydrogens is 537 g/mol. The summed E-state index contributed by atoms with van der Waals surface area (Å²) >= 11 is 6.42. The molecule has 4 aromatic rings. The van der Waals surface area contributed by atoms with Gasteiger partial charge in [0.25, 0.3) is 5.91 Å². The Morgan fingerprint density at radius 3 is 2.75 bits per heavy atom. The molecule has 0 spiro atoms. The van der Waals surface area contributed by atoms with E-state index in [4.69, 9.17) is 11.6 Å². The summed E-state index contributed by atoms with van der Waals surface area (Å²) in [5, 5.41) is 15.8. The van der Waals surface area contributed by atoms with E-state index in [-0.39, 0.29) is 18.4 Å². The van der Waals surface area contributed by atoms with Gasteiger partial charge in [0, 0.05) is 23.9 Å². The van der Waals surface area contributed by atoms with E-state index in [1.807, 2.05) is 0 Å². The second-order valence-electron chi connectivity index (χ2n) is 9.28. The van der Waals surface area contributed by atoms with Gasteiger partial charge in [0.1, 0.15) is 23.5 Å². The van der Waals surface area contributed by atoms with Gasteiger partial charge in [0.2, 0.25) is 11.9 Å².